The summed E-state index contributed by atoms with van der Waals surface area (Å²) in [5.41, 5.74) is 6.97. The molecule has 6 heteroatoms. The Hall–Kier alpha value is -1.56. The van der Waals surface area contributed by atoms with Crippen LogP contribution in [0.5, 0.6) is 0 Å². The maximum atomic E-state index is 11.6. The van der Waals surface area contributed by atoms with Gasteiger partial charge in [0.15, 0.2) is 5.69 Å². The fourth-order valence-corrected chi connectivity index (χ4v) is 1.97. The third-order valence-electron chi connectivity index (χ3n) is 2.85. The number of nitrogens with zero attached hydrogens (tertiary/aromatic N) is 2. The molecule has 0 spiro atoms. The largest absolute Gasteiger partial charge is 0.464 e. The lowest BCUT2D eigenvalue weighted by atomic mass is 9.98. The molecule has 6 nitrogen and oxygen atoms in total. The number of anilines is 1. The standard InChI is InChI=1S/C10H15N3O3/c1-13-9(11)7(6-3-4-16-5-6)8(12-13)10(14)15-2/h6H,3-5,11H2,1-2H3. The van der Waals surface area contributed by atoms with Gasteiger partial charge in [0.25, 0.3) is 0 Å². The van der Waals surface area contributed by atoms with Crippen molar-refractivity contribution in [3.63, 3.8) is 0 Å². The van der Waals surface area contributed by atoms with E-state index in [-0.39, 0.29) is 5.92 Å². The number of rotatable bonds is 2. The Morgan fingerprint density at radius 3 is 3.00 bits per heavy atom. The molecule has 0 radical (unpaired) electrons. The Kier molecular flexibility index (Phi) is 2.82. The summed E-state index contributed by atoms with van der Waals surface area (Å²) < 4.78 is 11.5. The fraction of sp³-hybridized carbons (Fsp3) is 0.600. The van der Waals surface area contributed by atoms with Crippen LogP contribution in [0.15, 0.2) is 0 Å². The number of hydrogen-bond donors (Lipinski definition) is 1. The Morgan fingerprint density at radius 1 is 1.69 bits per heavy atom. The molecule has 1 saturated heterocycles. The third-order valence-corrected chi connectivity index (χ3v) is 2.85. The molecule has 1 atom stereocenters. The number of aromatic nitrogens is 2. The summed E-state index contributed by atoms with van der Waals surface area (Å²) in [6.45, 7) is 1.28. The van der Waals surface area contributed by atoms with Crippen LogP contribution in [0.25, 0.3) is 0 Å². The van der Waals surface area contributed by atoms with Crippen molar-refractivity contribution >= 4 is 11.8 Å². The molecule has 0 bridgehead atoms. The van der Waals surface area contributed by atoms with Crippen LogP contribution < -0.4 is 5.73 Å². The van der Waals surface area contributed by atoms with E-state index in [2.05, 4.69) is 5.10 Å². The molecule has 0 amide bonds. The van der Waals surface area contributed by atoms with Crippen molar-refractivity contribution in [2.45, 2.75) is 12.3 Å². The van der Waals surface area contributed by atoms with Gasteiger partial charge in [0, 0.05) is 25.1 Å². The van der Waals surface area contributed by atoms with Crippen molar-refractivity contribution in [1.82, 2.24) is 9.78 Å². The van der Waals surface area contributed by atoms with Gasteiger partial charge in [0.05, 0.1) is 13.7 Å². The summed E-state index contributed by atoms with van der Waals surface area (Å²) in [6, 6.07) is 0. The minimum Gasteiger partial charge on any atom is -0.464 e. The van der Waals surface area contributed by atoms with Gasteiger partial charge in [0.1, 0.15) is 5.82 Å². The maximum Gasteiger partial charge on any atom is 0.358 e. The lowest BCUT2D eigenvalue weighted by Crippen LogP contribution is -2.09. The van der Waals surface area contributed by atoms with E-state index in [4.69, 9.17) is 15.2 Å². The first kappa shape index (κ1) is 10.9. The average Bonchev–Trinajstić information content (AvgIpc) is 2.87. The van der Waals surface area contributed by atoms with Crippen LogP contribution in [-0.4, -0.2) is 36.1 Å². The topological polar surface area (TPSA) is 79.4 Å². The summed E-state index contributed by atoms with van der Waals surface area (Å²) in [7, 11) is 3.04. The number of esters is 1. The molecule has 0 aromatic carbocycles. The van der Waals surface area contributed by atoms with Crippen LogP contribution in [0.1, 0.15) is 28.4 Å². The zero-order valence-electron chi connectivity index (χ0n) is 9.40. The lowest BCUT2D eigenvalue weighted by Gasteiger charge is -2.08. The van der Waals surface area contributed by atoms with Crippen molar-refractivity contribution in [3.8, 4) is 0 Å². The smallest absolute Gasteiger partial charge is 0.358 e. The van der Waals surface area contributed by atoms with Crippen molar-refractivity contribution in [2.24, 2.45) is 7.05 Å². The van der Waals surface area contributed by atoms with Gasteiger partial charge in [-0.15, -0.1) is 0 Å². The van der Waals surface area contributed by atoms with E-state index in [1.807, 2.05) is 0 Å². The molecule has 2 heterocycles. The summed E-state index contributed by atoms with van der Waals surface area (Å²) in [5.74, 6) is 0.202. The first-order chi connectivity index (χ1) is 7.65. The van der Waals surface area contributed by atoms with Gasteiger partial charge in [-0.25, -0.2) is 4.79 Å². The van der Waals surface area contributed by atoms with E-state index < -0.39 is 5.97 Å². The summed E-state index contributed by atoms with van der Waals surface area (Å²) >= 11 is 0. The van der Waals surface area contributed by atoms with Gasteiger partial charge >= 0.3 is 5.97 Å². The number of carbonyl (C=O) groups is 1. The predicted octanol–water partition coefficient (Wildman–Crippen LogP) is 0.293. The zero-order chi connectivity index (χ0) is 11.7. The summed E-state index contributed by atoms with van der Waals surface area (Å²) in [6.07, 6.45) is 0.861. The van der Waals surface area contributed by atoms with E-state index in [9.17, 15) is 4.79 Å². The van der Waals surface area contributed by atoms with Gasteiger partial charge < -0.3 is 15.2 Å². The Bertz CT molecular complexity index is 408. The molecule has 1 aliphatic rings. The molecule has 0 saturated carbocycles. The molecule has 1 unspecified atom stereocenters. The quantitative estimate of drug-likeness (QED) is 0.732. The van der Waals surface area contributed by atoms with E-state index in [1.165, 1.54) is 11.8 Å². The highest BCUT2D eigenvalue weighted by molar-refractivity contribution is 5.90. The van der Waals surface area contributed by atoms with Gasteiger partial charge in [-0.1, -0.05) is 0 Å². The molecular weight excluding hydrogens is 210 g/mol. The molecular formula is C10H15N3O3. The van der Waals surface area contributed by atoms with E-state index in [0.717, 1.165) is 12.0 Å². The summed E-state index contributed by atoms with van der Waals surface area (Å²) in [5, 5.41) is 4.09. The minimum atomic E-state index is -0.450. The Balaban J connectivity index is 2.43. The van der Waals surface area contributed by atoms with Crippen LogP contribution in [0.4, 0.5) is 5.82 Å². The zero-order valence-corrected chi connectivity index (χ0v) is 9.40. The molecule has 1 aromatic heterocycles. The fourth-order valence-electron chi connectivity index (χ4n) is 1.97. The highest BCUT2D eigenvalue weighted by Gasteiger charge is 2.29. The first-order valence-corrected chi connectivity index (χ1v) is 5.13. The van der Waals surface area contributed by atoms with E-state index >= 15 is 0 Å². The lowest BCUT2D eigenvalue weighted by molar-refractivity contribution is 0.0591. The predicted molar refractivity (Wildman–Crippen MR) is 57.1 cm³/mol. The highest BCUT2D eigenvalue weighted by Crippen LogP contribution is 2.32. The molecule has 1 aromatic rings. The Morgan fingerprint density at radius 2 is 2.44 bits per heavy atom. The van der Waals surface area contributed by atoms with Gasteiger partial charge in [-0.2, -0.15) is 5.10 Å². The number of nitrogen functional groups attached to an aromatic ring is 1. The monoisotopic (exact) mass is 225 g/mol. The number of aryl methyl sites for hydroxylation is 1. The highest BCUT2D eigenvalue weighted by atomic mass is 16.5. The normalized spacial score (nSPS) is 20.0. The number of hydrogen-bond acceptors (Lipinski definition) is 5. The molecule has 88 valence electrons. The molecule has 2 N–H and O–H groups in total. The van der Waals surface area contributed by atoms with E-state index in [1.54, 1.807) is 7.05 Å². The van der Waals surface area contributed by atoms with E-state index in [0.29, 0.717) is 24.7 Å². The minimum absolute atomic E-state index is 0.141. The molecule has 16 heavy (non-hydrogen) atoms. The average molecular weight is 225 g/mol. The van der Waals surface area contributed by atoms with Crippen LogP contribution in [0.3, 0.4) is 0 Å². The number of nitrogens with two attached hydrogens (primary N) is 1. The van der Waals surface area contributed by atoms with Crippen LogP contribution in [0, 0.1) is 0 Å². The second-order valence-corrected chi connectivity index (χ2v) is 3.82. The Labute approximate surface area is 93.3 Å². The second kappa shape index (κ2) is 4.13. The number of methoxy groups -OCH3 is 1. The maximum absolute atomic E-state index is 11.6. The van der Waals surface area contributed by atoms with Crippen LogP contribution in [-0.2, 0) is 16.5 Å². The first-order valence-electron chi connectivity index (χ1n) is 5.13. The van der Waals surface area contributed by atoms with Gasteiger partial charge in [-0.3, -0.25) is 4.68 Å². The SMILES string of the molecule is COC(=O)c1nn(C)c(N)c1C1CCOC1. The molecule has 1 aliphatic heterocycles. The van der Waals surface area contributed by atoms with Crippen molar-refractivity contribution in [3.05, 3.63) is 11.3 Å². The van der Waals surface area contributed by atoms with Crippen LogP contribution >= 0.6 is 0 Å². The molecule has 0 aliphatic carbocycles. The molecule has 2 rings (SSSR count). The molecule has 1 fully saturated rings. The van der Waals surface area contributed by atoms with Gasteiger partial charge in [0.2, 0.25) is 0 Å². The number of carbonyl (C=O) groups excluding carboxylic acids is 1. The number of ether oxygens (including phenoxy) is 2. The second-order valence-electron chi connectivity index (χ2n) is 3.82. The van der Waals surface area contributed by atoms with Crippen molar-refractivity contribution < 1.29 is 14.3 Å². The summed E-state index contributed by atoms with van der Waals surface area (Å²) in [4.78, 5) is 11.6. The third kappa shape index (κ3) is 1.65. The van der Waals surface area contributed by atoms with Crippen molar-refractivity contribution in [2.75, 3.05) is 26.1 Å². The van der Waals surface area contributed by atoms with Crippen LogP contribution in [0.2, 0.25) is 0 Å². The van der Waals surface area contributed by atoms with Gasteiger partial charge in [-0.05, 0) is 6.42 Å². The van der Waals surface area contributed by atoms with Crippen molar-refractivity contribution in [1.29, 1.82) is 0 Å².